The zero-order valence-electron chi connectivity index (χ0n) is 10.6. The lowest BCUT2D eigenvalue weighted by Gasteiger charge is -2.10. The zero-order valence-corrected chi connectivity index (χ0v) is 10.6. The van der Waals surface area contributed by atoms with E-state index in [1.54, 1.807) is 6.92 Å². The molecular formula is C12H9F3N2O4. The van der Waals surface area contributed by atoms with Crippen LogP contribution in [0.1, 0.15) is 16.1 Å². The summed E-state index contributed by atoms with van der Waals surface area (Å²) in [4.78, 5) is 16.6. The van der Waals surface area contributed by atoms with Gasteiger partial charge < -0.3 is 14.1 Å². The number of carbonyl (C=O) groups is 1. The Morgan fingerprint density at radius 3 is 2.38 bits per heavy atom. The van der Waals surface area contributed by atoms with E-state index in [9.17, 15) is 18.0 Å². The molecule has 1 N–H and O–H groups in total. The third kappa shape index (κ3) is 4.13. The van der Waals surface area contributed by atoms with E-state index >= 15 is 0 Å². The van der Waals surface area contributed by atoms with Crippen LogP contribution in [-0.2, 0) is 0 Å². The molecule has 0 atom stereocenters. The minimum Gasteiger partial charge on any atom is -0.406 e. The van der Waals surface area contributed by atoms with Gasteiger partial charge in [-0.25, -0.2) is 0 Å². The minimum atomic E-state index is -4.76. The van der Waals surface area contributed by atoms with Crippen molar-refractivity contribution < 1.29 is 32.1 Å². The Bertz CT molecular complexity index is 622. The van der Waals surface area contributed by atoms with Gasteiger partial charge in [-0.2, -0.15) is 5.48 Å². The van der Waals surface area contributed by atoms with E-state index < -0.39 is 18.0 Å². The topological polar surface area (TPSA) is 73.6 Å². The molecule has 1 heterocycles. The smallest absolute Gasteiger partial charge is 0.406 e. The lowest BCUT2D eigenvalue weighted by Crippen LogP contribution is -2.27. The normalized spacial score (nSPS) is 11.0. The van der Waals surface area contributed by atoms with Gasteiger partial charge in [0.1, 0.15) is 17.1 Å². The molecule has 0 fully saturated rings. The van der Waals surface area contributed by atoms with Gasteiger partial charge >= 0.3 is 6.36 Å². The molecule has 2 rings (SSSR count). The van der Waals surface area contributed by atoms with Gasteiger partial charge in [0.2, 0.25) is 0 Å². The number of nitrogens with one attached hydrogen (secondary N) is 1. The third-order valence-electron chi connectivity index (χ3n) is 2.31. The average Bonchev–Trinajstić information content (AvgIpc) is 2.82. The number of alkyl halides is 3. The maximum Gasteiger partial charge on any atom is 0.573 e. The maximum absolute atomic E-state index is 12.0. The van der Waals surface area contributed by atoms with Gasteiger partial charge in [-0.15, -0.1) is 13.2 Å². The number of aryl methyl sites for hydroxylation is 1. The van der Waals surface area contributed by atoms with Crippen molar-refractivity contribution in [1.82, 2.24) is 10.6 Å². The fraction of sp³-hybridized carbons (Fsp3) is 0.167. The first-order valence-electron chi connectivity index (χ1n) is 5.59. The zero-order chi connectivity index (χ0) is 15.5. The number of ether oxygens (including phenoxy) is 1. The van der Waals surface area contributed by atoms with Crippen LogP contribution in [0.25, 0.3) is 0 Å². The molecule has 112 valence electrons. The Labute approximate surface area is 116 Å². The van der Waals surface area contributed by atoms with Crippen LogP contribution < -0.4 is 15.1 Å². The van der Waals surface area contributed by atoms with Gasteiger partial charge in [-0.1, -0.05) is 5.16 Å². The predicted molar refractivity (Wildman–Crippen MR) is 62.5 cm³/mol. The average molecular weight is 302 g/mol. The molecule has 1 amide bonds. The van der Waals surface area contributed by atoms with E-state index in [1.807, 2.05) is 0 Å². The highest BCUT2D eigenvalue weighted by molar-refractivity contribution is 5.94. The highest BCUT2D eigenvalue weighted by Gasteiger charge is 2.31. The second-order valence-electron chi connectivity index (χ2n) is 3.85. The van der Waals surface area contributed by atoms with Crippen LogP contribution in [0.5, 0.6) is 11.5 Å². The highest BCUT2D eigenvalue weighted by atomic mass is 19.4. The fourth-order valence-electron chi connectivity index (χ4n) is 1.39. The van der Waals surface area contributed by atoms with Gasteiger partial charge in [0.05, 0.1) is 6.20 Å². The van der Waals surface area contributed by atoms with Crippen molar-refractivity contribution in [3.8, 4) is 11.5 Å². The first kappa shape index (κ1) is 14.7. The Hall–Kier alpha value is -2.71. The highest BCUT2D eigenvalue weighted by Crippen LogP contribution is 2.24. The van der Waals surface area contributed by atoms with Crippen LogP contribution in [0.3, 0.4) is 0 Å². The van der Waals surface area contributed by atoms with E-state index in [1.165, 1.54) is 18.3 Å². The summed E-state index contributed by atoms with van der Waals surface area (Å²) in [5, 5.41) is 3.43. The van der Waals surface area contributed by atoms with Crippen LogP contribution in [0.2, 0.25) is 0 Å². The van der Waals surface area contributed by atoms with Crippen molar-refractivity contribution in [2.75, 3.05) is 0 Å². The molecule has 0 aliphatic carbocycles. The van der Waals surface area contributed by atoms with Crippen molar-refractivity contribution in [3.05, 3.63) is 41.8 Å². The molecule has 2 aromatic rings. The Morgan fingerprint density at radius 1 is 1.24 bits per heavy atom. The molecule has 0 bridgehead atoms. The number of rotatable bonds is 4. The SMILES string of the molecule is Cc1oncc1C(=O)NOc1ccc(OC(F)(F)F)cc1. The second kappa shape index (κ2) is 5.73. The Morgan fingerprint density at radius 2 is 1.86 bits per heavy atom. The van der Waals surface area contributed by atoms with E-state index in [-0.39, 0.29) is 11.3 Å². The molecule has 0 aliphatic rings. The van der Waals surface area contributed by atoms with E-state index in [4.69, 9.17) is 9.36 Å². The molecule has 0 saturated carbocycles. The van der Waals surface area contributed by atoms with Gasteiger partial charge in [-0.05, 0) is 31.2 Å². The number of nitrogens with zero attached hydrogens (tertiary/aromatic N) is 1. The predicted octanol–water partition coefficient (Wildman–Crippen LogP) is 2.61. The largest absolute Gasteiger partial charge is 0.573 e. The molecule has 21 heavy (non-hydrogen) atoms. The quantitative estimate of drug-likeness (QED) is 0.879. The third-order valence-corrected chi connectivity index (χ3v) is 2.31. The molecule has 0 aliphatic heterocycles. The first-order valence-corrected chi connectivity index (χ1v) is 5.59. The maximum atomic E-state index is 12.0. The summed E-state index contributed by atoms with van der Waals surface area (Å²) in [5.74, 6) is -0.544. The molecule has 1 aromatic heterocycles. The minimum absolute atomic E-state index is 0.131. The lowest BCUT2D eigenvalue weighted by molar-refractivity contribution is -0.274. The lowest BCUT2D eigenvalue weighted by atomic mass is 10.3. The monoisotopic (exact) mass is 302 g/mol. The fourth-order valence-corrected chi connectivity index (χ4v) is 1.39. The Balaban J connectivity index is 1.92. The van der Waals surface area contributed by atoms with Gasteiger partial charge in [0, 0.05) is 0 Å². The van der Waals surface area contributed by atoms with Crippen molar-refractivity contribution in [1.29, 1.82) is 0 Å². The summed E-state index contributed by atoms with van der Waals surface area (Å²) in [6.45, 7) is 1.55. The Kier molecular flexibility index (Phi) is 4.01. The standard InChI is InChI=1S/C12H9F3N2O4/c1-7-10(6-16-20-7)11(18)17-21-9-4-2-8(3-5-9)19-12(13,14)15/h2-6H,1H3,(H,17,18). The molecule has 9 heteroatoms. The van der Waals surface area contributed by atoms with Gasteiger partial charge in [0.25, 0.3) is 5.91 Å². The summed E-state index contributed by atoms with van der Waals surface area (Å²) < 4.78 is 44.3. The first-order chi connectivity index (χ1) is 9.85. The number of hydrogen-bond acceptors (Lipinski definition) is 5. The van der Waals surface area contributed by atoms with E-state index in [0.717, 1.165) is 12.1 Å². The molecule has 0 spiro atoms. The number of halogens is 3. The van der Waals surface area contributed by atoms with Crippen molar-refractivity contribution >= 4 is 5.91 Å². The summed E-state index contributed by atoms with van der Waals surface area (Å²) in [6.07, 6.45) is -3.54. The number of benzene rings is 1. The molecule has 0 unspecified atom stereocenters. The molecule has 0 radical (unpaired) electrons. The van der Waals surface area contributed by atoms with Crippen LogP contribution in [0.15, 0.2) is 35.0 Å². The van der Waals surface area contributed by atoms with Crippen LogP contribution in [0, 0.1) is 6.92 Å². The second-order valence-corrected chi connectivity index (χ2v) is 3.85. The summed E-state index contributed by atoms with van der Waals surface area (Å²) in [5.41, 5.74) is 2.29. The summed E-state index contributed by atoms with van der Waals surface area (Å²) >= 11 is 0. The number of carbonyl (C=O) groups excluding carboxylic acids is 1. The molecule has 0 saturated heterocycles. The number of hydroxylamine groups is 1. The van der Waals surface area contributed by atoms with Crippen LogP contribution in [0.4, 0.5) is 13.2 Å². The van der Waals surface area contributed by atoms with Crippen LogP contribution in [-0.4, -0.2) is 17.4 Å². The van der Waals surface area contributed by atoms with Crippen molar-refractivity contribution in [3.63, 3.8) is 0 Å². The van der Waals surface area contributed by atoms with E-state index in [0.29, 0.717) is 5.76 Å². The van der Waals surface area contributed by atoms with Gasteiger partial charge in [-0.3, -0.25) is 4.79 Å². The molecule has 1 aromatic carbocycles. The molecule has 6 nitrogen and oxygen atoms in total. The van der Waals surface area contributed by atoms with E-state index in [2.05, 4.69) is 15.4 Å². The molecular weight excluding hydrogens is 293 g/mol. The summed E-state index contributed by atoms with van der Waals surface area (Å²) in [7, 11) is 0. The van der Waals surface area contributed by atoms with Crippen molar-refractivity contribution in [2.24, 2.45) is 0 Å². The number of hydrogen-bond donors (Lipinski definition) is 1. The number of aromatic nitrogens is 1. The van der Waals surface area contributed by atoms with Gasteiger partial charge in [0.15, 0.2) is 5.75 Å². The summed E-state index contributed by atoms with van der Waals surface area (Å²) in [6, 6.07) is 4.53. The number of amides is 1. The van der Waals surface area contributed by atoms with Crippen LogP contribution >= 0.6 is 0 Å². The van der Waals surface area contributed by atoms with Crippen molar-refractivity contribution in [2.45, 2.75) is 13.3 Å².